The molecule has 0 aliphatic rings. The molecule has 0 amide bonds. The second kappa shape index (κ2) is 4.84. The third-order valence-corrected chi connectivity index (χ3v) is 2.74. The number of carbonyl (C=O) groups excluding carboxylic acids is 1. The molecule has 0 aliphatic heterocycles. The summed E-state index contributed by atoms with van der Waals surface area (Å²) in [5, 5.41) is 0. The molecule has 2 nitrogen and oxygen atoms in total. The molecule has 0 radical (unpaired) electrons. The number of ketones is 1. The van der Waals surface area contributed by atoms with E-state index in [1.807, 2.05) is 0 Å². The number of furan rings is 1. The lowest BCUT2D eigenvalue weighted by atomic mass is 10.2. The lowest BCUT2D eigenvalue weighted by molar-refractivity contribution is 0.0970. The fraction of sp³-hybridized carbons (Fsp3) is 0.154. The summed E-state index contributed by atoms with van der Waals surface area (Å²) in [4.78, 5) is 11.3. The van der Waals surface area contributed by atoms with Crippen LogP contribution in [0.3, 0.4) is 0 Å². The number of rotatable bonds is 3. The zero-order valence-electron chi connectivity index (χ0n) is 9.11. The second-order valence-corrected chi connectivity index (χ2v) is 5.03. The average molecular weight is 297 g/mol. The Hall–Kier alpha value is -1.42. The van der Waals surface area contributed by atoms with Gasteiger partial charge in [0.2, 0.25) is 5.78 Å². The molecule has 0 saturated heterocycles. The van der Waals surface area contributed by atoms with Crippen LogP contribution in [0.4, 0.5) is 4.39 Å². The van der Waals surface area contributed by atoms with Crippen LogP contribution in [0.2, 0.25) is 0 Å². The molecule has 1 heterocycles. The average Bonchev–Trinajstić information content (AvgIpc) is 2.77. The summed E-state index contributed by atoms with van der Waals surface area (Å²) in [5.41, 5.74) is 0.617. The molecule has 0 saturated carbocycles. The first-order chi connectivity index (χ1) is 8.08. The number of halogens is 2. The van der Waals surface area contributed by atoms with E-state index >= 15 is 0 Å². The molecular weight excluding hydrogens is 287 g/mol. The predicted molar refractivity (Wildman–Crippen MR) is 66.8 cm³/mol. The number of hydrogen-bond acceptors (Lipinski definition) is 2. The van der Waals surface area contributed by atoms with Gasteiger partial charge in [0.1, 0.15) is 11.6 Å². The van der Waals surface area contributed by atoms with Crippen molar-refractivity contribution in [1.82, 2.24) is 0 Å². The second-order valence-electron chi connectivity index (χ2n) is 3.65. The lowest BCUT2D eigenvalue weighted by Gasteiger charge is -1.99. The number of benzene rings is 1. The zero-order chi connectivity index (χ0) is 12.4. The van der Waals surface area contributed by atoms with E-state index in [2.05, 4.69) is 15.9 Å². The number of hydrogen-bond donors (Lipinski definition) is 0. The summed E-state index contributed by atoms with van der Waals surface area (Å²) in [5.74, 6) is 0.294. The van der Waals surface area contributed by atoms with E-state index in [0.717, 1.165) is 0 Å². The number of alkyl halides is 1. The predicted octanol–water partition coefficient (Wildman–Crippen LogP) is 4.05. The molecular formula is C13H10BrFO2. The molecule has 88 valence electrons. The van der Waals surface area contributed by atoms with Gasteiger partial charge in [-0.1, -0.05) is 28.1 Å². The Labute approximate surface area is 107 Å². The monoisotopic (exact) mass is 296 g/mol. The quantitative estimate of drug-likeness (QED) is 0.632. The van der Waals surface area contributed by atoms with E-state index < -0.39 is 0 Å². The van der Waals surface area contributed by atoms with E-state index in [1.54, 1.807) is 31.2 Å². The normalized spacial score (nSPS) is 12.4. The van der Waals surface area contributed by atoms with Crippen molar-refractivity contribution in [2.24, 2.45) is 0 Å². The van der Waals surface area contributed by atoms with Crippen LogP contribution >= 0.6 is 15.9 Å². The number of Topliss-reactive ketones (excluding diaryl/α,β-unsaturated/α-hetero) is 1. The summed E-state index contributed by atoms with van der Waals surface area (Å²) < 4.78 is 18.4. The Balaban J connectivity index is 2.33. The fourth-order valence-electron chi connectivity index (χ4n) is 1.46. The smallest absolute Gasteiger partial charge is 0.211 e. The fourth-order valence-corrected chi connectivity index (χ4v) is 1.69. The highest BCUT2D eigenvalue weighted by Crippen LogP contribution is 2.24. The first kappa shape index (κ1) is 12.0. The van der Waals surface area contributed by atoms with E-state index in [9.17, 15) is 9.18 Å². The highest BCUT2D eigenvalue weighted by molar-refractivity contribution is 9.10. The van der Waals surface area contributed by atoms with Crippen LogP contribution in [0, 0.1) is 5.82 Å². The maximum atomic E-state index is 13.0. The van der Waals surface area contributed by atoms with Crippen molar-refractivity contribution in [2.45, 2.75) is 11.8 Å². The van der Waals surface area contributed by atoms with Gasteiger partial charge in [-0.15, -0.1) is 0 Å². The van der Waals surface area contributed by atoms with Gasteiger partial charge < -0.3 is 4.42 Å². The van der Waals surface area contributed by atoms with Crippen LogP contribution in [-0.2, 0) is 0 Å². The Morgan fingerprint density at radius 2 is 2.12 bits per heavy atom. The molecule has 17 heavy (non-hydrogen) atoms. The van der Waals surface area contributed by atoms with Gasteiger partial charge in [0.25, 0.3) is 0 Å². The van der Waals surface area contributed by atoms with Crippen LogP contribution < -0.4 is 0 Å². The van der Waals surface area contributed by atoms with Crippen molar-refractivity contribution >= 4 is 21.7 Å². The topological polar surface area (TPSA) is 30.2 Å². The van der Waals surface area contributed by atoms with E-state index in [-0.39, 0.29) is 22.2 Å². The molecule has 1 atom stereocenters. The van der Waals surface area contributed by atoms with Gasteiger partial charge in [-0.25, -0.2) is 4.39 Å². The molecule has 2 rings (SSSR count). The van der Waals surface area contributed by atoms with Gasteiger partial charge in [-0.3, -0.25) is 4.79 Å². The van der Waals surface area contributed by atoms with Gasteiger partial charge in [0, 0.05) is 5.56 Å². The van der Waals surface area contributed by atoms with Gasteiger partial charge in [-0.2, -0.15) is 0 Å². The first-order valence-corrected chi connectivity index (χ1v) is 6.03. The summed E-state index contributed by atoms with van der Waals surface area (Å²) in [6.45, 7) is 1.73. The Bertz CT molecular complexity index is 546. The van der Waals surface area contributed by atoms with Crippen LogP contribution in [0.25, 0.3) is 11.3 Å². The summed E-state index contributed by atoms with van der Waals surface area (Å²) >= 11 is 3.18. The third-order valence-electron chi connectivity index (χ3n) is 2.32. The summed E-state index contributed by atoms with van der Waals surface area (Å²) in [6.07, 6.45) is 0. The molecule has 0 fully saturated rings. The minimum atomic E-state index is -0.333. The minimum absolute atomic E-state index is 0.132. The van der Waals surface area contributed by atoms with Crippen LogP contribution in [0.15, 0.2) is 40.8 Å². The molecule has 2 aromatic rings. The zero-order valence-corrected chi connectivity index (χ0v) is 10.7. The van der Waals surface area contributed by atoms with Gasteiger partial charge in [0.05, 0.1) is 4.83 Å². The van der Waals surface area contributed by atoms with Gasteiger partial charge in [0.15, 0.2) is 5.76 Å². The van der Waals surface area contributed by atoms with Crippen molar-refractivity contribution in [3.05, 3.63) is 48.0 Å². The lowest BCUT2D eigenvalue weighted by Crippen LogP contribution is -2.08. The summed E-state index contributed by atoms with van der Waals surface area (Å²) in [6, 6.07) is 9.32. The molecule has 1 aromatic carbocycles. The van der Waals surface area contributed by atoms with E-state index in [0.29, 0.717) is 11.3 Å². The SMILES string of the molecule is CC(Br)C(=O)c1ccc(-c2cccc(F)c2)o1. The Morgan fingerprint density at radius 3 is 2.76 bits per heavy atom. The van der Waals surface area contributed by atoms with Crippen molar-refractivity contribution in [3.8, 4) is 11.3 Å². The molecule has 0 aliphatic carbocycles. The van der Waals surface area contributed by atoms with E-state index in [1.165, 1.54) is 12.1 Å². The van der Waals surface area contributed by atoms with Crippen molar-refractivity contribution in [2.75, 3.05) is 0 Å². The first-order valence-electron chi connectivity index (χ1n) is 5.12. The number of carbonyl (C=O) groups is 1. The standard InChI is InChI=1S/C13H10BrFO2/c1-8(14)13(16)12-6-5-11(17-12)9-3-2-4-10(15)7-9/h2-8H,1H3. The Kier molecular flexibility index (Phi) is 3.43. The highest BCUT2D eigenvalue weighted by Gasteiger charge is 2.16. The van der Waals surface area contributed by atoms with Gasteiger partial charge in [-0.05, 0) is 31.2 Å². The molecule has 0 bridgehead atoms. The van der Waals surface area contributed by atoms with Crippen molar-refractivity contribution < 1.29 is 13.6 Å². The highest BCUT2D eigenvalue weighted by atomic mass is 79.9. The maximum absolute atomic E-state index is 13.0. The van der Waals surface area contributed by atoms with Crippen LogP contribution in [0.5, 0.6) is 0 Å². The van der Waals surface area contributed by atoms with Crippen LogP contribution in [0.1, 0.15) is 17.5 Å². The maximum Gasteiger partial charge on any atom is 0.211 e. The molecule has 1 unspecified atom stereocenters. The molecule has 4 heteroatoms. The van der Waals surface area contributed by atoms with Crippen molar-refractivity contribution in [3.63, 3.8) is 0 Å². The third kappa shape index (κ3) is 2.64. The largest absolute Gasteiger partial charge is 0.453 e. The molecule has 0 spiro atoms. The van der Waals surface area contributed by atoms with Gasteiger partial charge >= 0.3 is 0 Å². The van der Waals surface area contributed by atoms with E-state index in [4.69, 9.17) is 4.42 Å². The molecule has 0 N–H and O–H groups in total. The summed E-state index contributed by atoms with van der Waals surface area (Å²) in [7, 11) is 0. The Morgan fingerprint density at radius 1 is 1.35 bits per heavy atom. The molecule has 1 aromatic heterocycles. The minimum Gasteiger partial charge on any atom is -0.453 e. The van der Waals surface area contributed by atoms with Crippen molar-refractivity contribution in [1.29, 1.82) is 0 Å². The van der Waals surface area contributed by atoms with Crippen LogP contribution in [-0.4, -0.2) is 10.6 Å².